The highest BCUT2D eigenvalue weighted by atomic mass is 16.6. The Morgan fingerprint density at radius 2 is 2.00 bits per heavy atom. The van der Waals surface area contributed by atoms with Crippen LogP contribution in [0.2, 0.25) is 0 Å². The fourth-order valence-electron chi connectivity index (χ4n) is 1.40. The topological polar surface area (TPSA) is 78.7 Å². The average molecular weight is 265 g/mol. The number of rotatable bonds is 6. The SMILES string of the molecule is CCOC(=O)C(=Cc1cccc([N+](=O)[O-])c1)OCC. The minimum absolute atomic E-state index is 0.0323. The molecule has 0 saturated heterocycles. The van der Waals surface area contributed by atoms with Gasteiger partial charge in [-0.2, -0.15) is 0 Å². The highest BCUT2D eigenvalue weighted by Crippen LogP contribution is 2.16. The summed E-state index contributed by atoms with van der Waals surface area (Å²) in [5.74, 6) is -0.555. The molecule has 0 aliphatic carbocycles. The molecule has 19 heavy (non-hydrogen) atoms. The lowest BCUT2D eigenvalue weighted by Crippen LogP contribution is -2.10. The first-order chi connectivity index (χ1) is 9.08. The van der Waals surface area contributed by atoms with Crippen LogP contribution in [0.1, 0.15) is 19.4 Å². The van der Waals surface area contributed by atoms with Crippen LogP contribution in [-0.2, 0) is 14.3 Å². The second-order valence-corrected chi connectivity index (χ2v) is 3.51. The van der Waals surface area contributed by atoms with Crippen LogP contribution in [0.25, 0.3) is 6.08 Å². The van der Waals surface area contributed by atoms with E-state index in [1.54, 1.807) is 26.0 Å². The number of esters is 1. The molecule has 0 amide bonds. The summed E-state index contributed by atoms with van der Waals surface area (Å²) < 4.78 is 10.0. The molecule has 0 atom stereocenters. The van der Waals surface area contributed by atoms with Crippen molar-refractivity contribution < 1.29 is 19.2 Å². The third kappa shape index (κ3) is 4.42. The van der Waals surface area contributed by atoms with Crippen molar-refractivity contribution in [2.75, 3.05) is 13.2 Å². The molecule has 0 heterocycles. The van der Waals surface area contributed by atoms with Gasteiger partial charge in [-0.25, -0.2) is 4.79 Å². The Balaban J connectivity index is 3.04. The van der Waals surface area contributed by atoms with Gasteiger partial charge >= 0.3 is 5.97 Å². The van der Waals surface area contributed by atoms with E-state index in [1.165, 1.54) is 18.2 Å². The normalized spacial score (nSPS) is 10.9. The molecule has 0 aliphatic heterocycles. The maximum absolute atomic E-state index is 11.6. The number of ether oxygens (including phenoxy) is 2. The van der Waals surface area contributed by atoms with Gasteiger partial charge in [-0.1, -0.05) is 12.1 Å². The molecule has 0 N–H and O–H groups in total. The van der Waals surface area contributed by atoms with Gasteiger partial charge < -0.3 is 9.47 Å². The Labute approximate surface area is 110 Å². The zero-order valence-electron chi connectivity index (χ0n) is 10.8. The third-order valence-electron chi connectivity index (χ3n) is 2.16. The average Bonchev–Trinajstić information content (AvgIpc) is 2.39. The fraction of sp³-hybridized carbons (Fsp3) is 0.308. The summed E-state index contributed by atoms with van der Waals surface area (Å²) in [6.07, 6.45) is 1.43. The number of carbonyl (C=O) groups is 1. The molecule has 0 radical (unpaired) electrons. The molecule has 0 aliphatic rings. The molecule has 1 rings (SSSR count). The predicted molar refractivity (Wildman–Crippen MR) is 69.3 cm³/mol. The molecular formula is C13H15NO5. The lowest BCUT2D eigenvalue weighted by atomic mass is 10.2. The first-order valence-corrected chi connectivity index (χ1v) is 5.84. The number of carbonyl (C=O) groups excluding carboxylic acids is 1. The van der Waals surface area contributed by atoms with E-state index in [1.807, 2.05) is 0 Å². The van der Waals surface area contributed by atoms with E-state index < -0.39 is 10.9 Å². The smallest absolute Gasteiger partial charge is 0.373 e. The Hall–Kier alpha value is -2.37. The highest BCUT2D eigenvalue weighted by molar-refractivity contribution is 5.91. The van der Waals surface area contributed by atoms with Gasteiger partial charge in [-0.3, -0.25) is 10.1 Å². The van der Waals surface area contributed by atoms with E-state index in [-0.39, 0.29) is 18.1 Å². The fourth-order valence-corrected chi connectivity index (χ4v) is 1.40. The summed E-state index contributed by atoms with van der Waals surface area (Å²) >= 11 is 0. The van der Waals surface area contributed by atoms with Gasteiger partial charge in [-0.05, 0) is 25.5 Å². The second kappa shape index (κ2) is 7.15. The molecular weight excluding hydrogens is 250 g/mol. The number of hydrogen-bond donors (Lipinski definition) is 0. The summed E-state index contributed by atoms with van der Waals surface area (Å²) in [5, 5.41) is 10.7. The Morgan fingerprint density at radius 3 is 2.58 bits per heavy atom. The van der Waals surface area contributed by atoms with Gasteiger partial charge in [0.2, 0.25) is 5.76 Å². The van der Waals surface area contributed by atoms with Gasteiger partial charge in [0.25, 0.3) is 5.69 Å². The quantitative estimate of drug-likeness (QED) is 0.259. The van der Waals surface area contributed by atoms with Gasteiger partial charge in [0.05, 0.1) is 18.1 Å². The first-order valence-electron chi connectivity index (χ1n) is 5.84. The summed E-state index contributed by atoms with van der Waals surface area (Å²) in [7, 11) is 0. The van der Waals surface area contributed by atoms with Crippen molar-refractivity contribution in [3.63, 3.8) is 0 Å². The molecule has 0 fully saturated rings. The van der Waals surface area contributed by atoms with Gasteiger partial charge in [0.1, 0.15) is 0 Å². The van der Waals surface area contributed by atoms with Crippen molar-refractivity contribution in [2.45, 2.75) is 13.8 Å². The Bertz CT molecular complexity index is 496. The van der Waals surface area contributed by atoms with Crippen LogP contribution >= 0.6 is 0 Å². The highest BCUT2D eigenvalue weighted by Gasteiger charge is 2.12. The maximum atomic E-state index is 11.6. The maximum Gasteiger partial charge on any atom is 0.373 e. The standard InChI is InChI=1S/C13H15NO5/c1-3-18-12(13(15)19-4-2)9-10-6-5-7-11(8-10)14(16)17/h5-9H,3-4H2,1-2H3. The summed E-state index contributed by atoms with van der Waals surface area (Å²) in [4.78, 5) is 21.8. The third-order valence-corrected chi connectivity index (χ3v) is 2.16. The molecule has 0 spiro atoms. The van der Waals surface area contributed by atoms with Gasteiger partial charge in [0.15, 0.2) is 0 Å². The van der Waals surface area contributed by atoms with Crippen LogP contribution < -0.4 is 0 Å². The molecule has 1 aromatic carbocycles. The second-order valence-electron chi connectivity index (χ2n) is 3.51. The molecule has 0 aromatic heterocycles. The number of nitro groups is 1. The van der Waals surface area contributed by atoms with Gasteiger partial charge in [0, 0.05) is 12.1 Å². The molecule has 6 heteroatoms. The van der Waals surface area contributed by atoms with Crippen molar-refractivity contribution in [1.82, 2.24) is 0 Å². The molecule has 0 bridgehead atoms. The van der Waals surface area contributed by atoms with E-state index >= 15 is 0 Å². The zero-order chi connectivity index (χ0) is 14.3. The molecule has 1 aromatic rings. The zero-order valence-corrected chi connectivity index (χ0v) is 10.8. The monoisotopic (exact) mass is 265 g/mol. The molecule has 0 saturated carbocycles. The number of nitrogens with zero attached hydrogens (tertiary/aromatic N) is 1. The number of benzene rings is 1. The molecule has 102 valence electrons. The first kappa shape index (κ1) is 14.7. The minimum atomic E-state index is -0.587. The summed E-state index contributed by atoms with van der Waals surface area (Å²) in [5.41, 5.74) is 0.458. The van der Waals surface area contributed by atoms with Crippen LogP contribution in [0, 0.1) is 10.1 Å². The molecule has 6 nitrogen and oxygen atoms in total. The largest absolute Gasteiger partial charge is 0.487 e. The van der Waals surface area contributed by atoms with Crippen molar-refractivity contribution in [3.8, 4) is 0 Å². The summed E-state index contributed by atoms with van der Waals surface area (Å²) in [6, 6.07) is 5.92. The van der Waals surface area contributed by atoms with E-state index in [9.17, 15) is 14.9 Å². The van der Waals surface area contributed by atoms with Crippen LogP contribution in [-0.4, -0.2) is 24.1 Å². The van der Waals surface area contributed by atoms with Crippen molar-refractivity contribution >= 4 is 17.7 Å². The summed E-state index contributed by atoms with van der Waals surface area (Å²) in [6.45, 7) is 3.97. The molecule has 0 unspecified atom stereocenters. The van der Waals surface area contributed by atoms with E-state index in [4.69, 9.17) is 9.47 Å². The minimum Gasteiger partial charge on any atom is -0.487 e. The Morgan fingerprint density at radius 1 is 1.32 bits per heavy atom. The van der Waals surface area contributed by atoms with Crippen LogP contribution in [0.4, 0.5) is 5.69 Å². The van der Waals surface area contributed by atoms with Crippen molar-refractivity contribution in [1.29, 1.82) is 0 Å². The van der Waals surface area contributed by atoms with E-state index in [2.05, 4.69) is 0 Å². The lowest BCUT2D eigenvalue weighted by Gasteiger charge is -2.07. The van der Waals surface area contributed by atoms with Gasteiger partial charge in [-0.15, -0.1) is 0 Å². The van der Waals surface area contributed by atoms with E-state index in [0.717, 1.165) is 0 Å². The van der Waals surface area contributed by atoms with Crippen LogP contribution in [0.15, 0.2) is 30.0 Å². The lowest BCUT2D eigenvalue weighted by molar-refractivity contribution is -0.384. The van der Waals surface area contributed by atoms with Crippen molar-refractivity contribution in [3.05, 3.63) is 45.7 Å². The number of hydrogen-bond acceptors (Lipinski definition) is 5. The van der Waals surface area contributed by atoms with E-state index in [0.29, 0.717) is 12.2 Å². The van der Waals surface area contributed by atoms with Crippen LogP contribution in [0.3, 0.4) is 0 Å². The number of non-ortho nitro benzene ring substituents is 1. The van der Waals surface area contributed by atoms with Crippen LogP contribution in [0.5, 0.6) is 0 Å². The number of nitro benzene ring substituents is 1. The Kier molecular flexibility index (Phi) is 5.53. The van der Waals surface area contributed by atoms with Crippen molar-refractivity contribution in [2.24, 2.45) is 0 Å². The predicted octanol–water partition coefficient (Wildman–Crippen LogP) is 2.54.